The van der Waals surface area contributed by atoms with Crippen molar-refractivity contribution < 1.29 is 0 Å². The maximum absolute atomic E-state index is 5.79. The molecule has 0 aliphatic heterocycles. The van der Waals surface area contributed by atoms with Crippen LogP contribution in [0.2, 0.25) is 0 Å². The molecule has 2 aromatic rings. The van der Waals surface area contributed by atoms with Crippen LogP contribution in [-0.2, 0) is 6.54 Å². The monoisotopic (exact) mass is 244 g/mol. The quantitative estimate of drug-likeness (QED) is 0.841. The van der Waals surface area contributed by atoms with Gasteiger partial charge in [-0.3, -0.25) is 4.68 Å². The van der Waals surface area contributed by atoms with E-state index in [1.54, 1.807) is 0 Å². The van der Waals surface area contributed by atoms with Crippen LogP contribution in [0.1, 0.15) is 25.6 Å². The van der Waals surface area contributed by atoms with Crippen molar-refractivity contribution in [3.05, 3.63) is 42.2 Å². The van der Waals surface area contributed by atoms with Crippen LogP contribution in [-0.4, -0.2) is 16.8 Å². The Morgan fingerprint density at radius 3 is 2.72 bits per heavy atom. The molecule has 0 aliphatic carbocycles. The van der Waals surface area contributed by atoms with E-state index in [0.717, 1.165) is 23.6 Å². The van der Waals surface area contributed by atoms with Crippen molar-refractivity contribution >= 4 is 11.4 Å². The molecule has 2 N–H and O–H groups in total. The first-order valence-corrected chi connectivity index (χ1v) is 6.17. The smallest absolute Gasteiger partial charge is 0.0817 e. The number of nitrogens with zero attached hydrogens (tertiary/aromatic N) is 3. The number of rotatable bonds is 4. The Morgan fingerprint density at radius 1 is 1.33 bits per heavy atom. The largest absolute Gasteiger partial charge is 0.399 e. The molecule has 0 radical (unpaired) electrons. The summed E-state index contributed by atoms with van der Waals surface area (Å²) >= 11 is 0. The SMILES string of the molecule is CC(C)n1ccc(CN(C)c2cccc(N)c2)n1. The van der Waals surface area contributed by atoms with E-state index in [2.05, 4.69) is 36.0 Å². The first kappa shape index (κ1) is 12.5. The average molecular weight is 244 g/mol. The third kappa shape index (κ3) is 2.83. The van der Waals surface area contributed by atoms with Crippen LogP contribution in [0.25, 0.3) is 0 Å². The second kappa shape index (κ2) is 5.12. The van der Waals surface area contributed by atoms with E-state index in [1.165, 1.54) is 0 Å². The van der Waals surface area contributed by atoms with Gasteiger partial charge in [0.1, 0.15) is 0 Å². The van der Waals surface area contributed by atoms with Gasteiger partial charge < -0.3 is 10.6 Å². The van der Waals surface area contributed by atoms with Crippen LogP contribution >= 0.6 is 0 Å². The molecule has 1 heterocycles. The average Bonchev–Trinajstić information content (AvgIpc) is 2.77. The fourth-order valence-electron chi connectivity index (χ4n) is 1.85. The first-order chi connectivity index (χ1) is 8.56. The van der Waals surface area contributed by atoms with Crippen molar-refractivity contribution in [1.29, 1.82) is 0 Å². The molecule has 0 saturated heterocycles. The van der Waals surface area contributed by atoms with Crippen LogP contribution in [0, 0.1) is 0 Å². The van der Waals surface area contributed by atoms with E-state index in [0.29, 0.717) is 6.04 Å². The van der Waals surface area contributed by atoms with E-state index >= 15 is 0 Å². The normalized spacial score (nSPS) is 10.9. The van der Waals surface area contributed by atoms with E-state index in [1.807, 2.05) is 36.1 Å². The molecule has 0 bridgehead atoms. The zero-order valence-corrected chi connectivity index (χ0v) is 11.2. The molecule has 0 saturated carbocycles. The fraction of sp³-hybridized carbons (Fsp3) is 0.357. The molecule has 4 nitrogen and oxygen atoms in total. The Bertz CT molecular complexity index is 516. The van der Waals surface area contributed by atoms with Gasteiger partial charge in [0.15, 0.2) is 0 Å². The van der Waals surface area contributed by atoms with Gasteiger partial charge in [0.2, 0.25) is 0 Å². The van der Waals surface area contributed by atoms with Gasteiger partial charge in [-0.15, -0.1) is 0 Å². The third-order valence-corrected chi connectivity index (χ3v) is 2.90. The zero-order chi connectivity index (χ0) is 13.1. The second-order valence-corrected chi connectivity index (χ2v) is 4.83. The Labute approximate surface area is 108 Å². The van der Waals surface area contributed by atoms with Gasteiger partial charge in [-0.25, -0.2) is 0 Å². The minimum atomic E-state index is 0.399. The topological polar surface area (TPSA) is 47.1 Å². The standard InChI is InChI=1S/C14H20N4/c1-11(2)18-8-7-13(16-18)10-17(3)14-6-4-5-12(15)9-14/h4-9,11H,10,15H2,1-3H3. The summed E-state index contributed by atoms with van der Waals surface area (Å²) in [4.78, 5) is 2.14. The maximum atomic E-state index is 5.79. The van der Waals surface area contributed by atoms with E-state index in [9.17, 15) is 0 Å². The van der Waals surface area contributed by atoms with Crippen molar-refractivity contribution in [2.24, 2.45) is 0 Å². The van der Waals surface area contributed by atoms with Crippen LogP contribution < -0.4 is 10.6 Å². The minimum Gasteiger partial charge on any atom is -0.399 e. The Balaban J connectivity index is 2.08. The zero-order valence-electron chi connectivity index (χ0n) is 11.2. The van der Waals surface area contributed by atoms with Crippen molar-refractivity contribution in [3.8, 4) is 0 Å². The van der Waals surface area contributed by atoms with E-state index in [-0.39, 0.29) is 0 Å². The highest BCUT2D eigenvalue weighted by Crippen LogP contribution is 2.18. The first-order valence-electron chi connectivity index (χ1n) is 6.17. The number of nitrogens with two attached hydrogens (primary N) is 1. The molecule has 0 unspecified atom stereocenters. The molecule has 0 atom stereocenters. The highest BCUT2D eigenvalue weighted by atomic mass is 15.3. The van der Waals surface area contributed by atoms with Crippen LogP contribution in [0.4, 0.5) is 11.4 Å². The molecule has 0 aliphatic rings. The molecule has 0 spiro atoms. The van der Waals surface area contributed by atoms with Crippen LogP contribution in [0.15, 0.2) is 36.5 Å². The molecule has 1 aromatic heterocycles. The van der Waals surface area contributed by atoms with Gasteiger partial charge in [-0.2, -0.15) is 5.10 Å². The van der Waals surface area contributed by atoms with Crippen molar-refractivity contribution in [2.75, 3.05) is 17.7 Å². The summed E-state index contributed by atoms with van der Waals surface area (Å²) in [6, 6.07) is 10.3. The predicted octanol–water partition coefficient (Wildman–Crippen LogP) is 2.68. The molecule has 0 amide bonds. The lowest BCUT2D eigenvalue weighted by Gasteiger charge is -2.18. The highest BCUT2D eigenvalue weighted by Gasteiger charge is 2.06. The lowest BCUT2D eigenvalue weighted by molar-refractivity contribution is 0.526. The summed E-state index contributed by atoms with van der Waals surface area (Å²) in [5.41, 5.74) is 8.74. The van der Waals surface area contributed by atoms with Gasteiger partial charge in [-0.1, -0.05) is 6.07 Å². The van der Waals surface area contributed by atoms with Gasteiger partial charge >= 0.3 is 0 Å². The van der Waals surface area contributed by atoms with Crippen molar-refractivity contribution in [3.63, 3.8) is 0 Å². The number of aromatic nitrogens is 2. The number of benzene rings is 1. The maximum Gasteiger partial charge on any atom is 0.0817 e. The van der Waals surface area contributed by atoms with Crippen LogP contribution in [0.3, 0.4) is 0 Å². The molecular formula is C14H20N4. The van der Waals surface area contributed by atoms with Gasteiger partial charge in [0, 0.05) is 30.7 Å². The predicted molar refractivity (Wildman–Crippen MR) is 75.6 cm³/mol. The molecule has 2 rings (SSSR count). The minimum absolute atomic E-state index is 0.399. The highest BCUT2D eigenvalue weighted by molar-refractivity contribution is 5.55. The summed E-state index contributed by atoms with van der Waals surface area (Å²) in [6.45, 7) is 5.03. The van der Waals surface area contributed by atoms with Crippen molar-refractivity contribution in [1.82, 2.24) is 9.78 Å². The van der Waals surface area contributed by atoms with Gasteiger partial charge in [0.05, 0.1) is 12.2 Å². The lowest BCUT2D eigenvalue weighted by Crippen LogP contribution is -2.17. The third-order valence-electron chi connectivity index (χ3n) is 2.90. The molecule has 0 fully saturated rings. The van der Waals surface area contributed by atoms with E-state index in [4.69, 9.17) is 5.73 Å². The number of hydrogen-bond donors (Lipinski definition) is 1. The van der Waals surface area contributed by atoms with Gasteiger partial charge in [0.25, 0.3) is 0 Å². The molecule has 1 aromatic carbocycles. The Kier molecular flexibility index (Phi) is 3.55. The Hall–Kier alpha value is -1.97. The van der Waals surface area contributed by atoms with Crippen LogP contribution in [0.5, 0.6) is 0 Å². The molecule has 18 heavy (non-hydrogen) atoms. The molecule has 96 valence electrons. The summed E-state index contributed by atoms with van der Waals surface area (Å²) in [5, 5.41) is 4.54. The fourth-order valence-corrected chi connectivity index (χ4v) is 1.85. The van der Waals surface area contributed by atoms with Gasteiger partial charge in [-0.05, 0) is 38.1 Å². The van der Waals surface area contributed by atoms with E-state index < -0.39 is 0 Å². The summed E-state index contributed by atoms with van der Waals surface area (Å²) in [5.74, 6) is 0. The molecular weight excluding hydrogens is 224 g/mol. The Morgan fingerprint density at radius 2 is 2.11 bits per heavy atom. The number of nitrogen functional groups attached to an aromatic ring is 1. The number of anilines is 2. The second-order valence-electron chi connectivity index (χ2n) is 4.83. The van der Waals surface area contributed by atoms with Crippen molar-refractivity contribution in [2.45, 2.75) is 26.4 Å². The summed E-state index contributed by atoms with van der Waals surface area (Å²) in [7, 11) is 2.04. The number of hydrogen-bond acceptors (Lipinski definition) is 3. The summed E-state index contributed by atoms with van der Waals surface area (Å²) in [6.07, 6.45) is 2.02. The summed E-state index contributed by atoms with van der Waals surface area (Å²) < 4.78 is 1.97. The molecule has 4 heteroatoms. The lowest BCUT2D eigenvalue weighted by atomic mass is 10.2.